The van der Waals surface area contributed by atoms with Gasteiger partial charge in [0.05, 0.1) is 14.2 Å². The molecular weight excluding hydrogens is 310 g/mol. The first-order chi connectivity index (χ1) is 11.4. The van der Waals surface area contributed by atoms with Gasteiger partial charge in [0, 0.05) is 12.5 Å². The van der Waals surface area contributed by atoms with Crippen LogP contribution in [0.15, 0.2) is 18.2 Å². The lowest BCUT2D eigenvalue weighted by Crippen LogP contribution is -2.38. The molecule has 1 atom stereocenters. The maximum atomic E-state index is 11.8. The molecule has 0 aliphatic rings. The maximum absolute atomic E-state index is 11.8. The lowest BCUT2D eigenvalue weighted by molar-refractivity contribution is -0.148. The number of nitrogens with one attached hydrogen (secondary N) is 1. The Labute approximate surface area is 143 Å². The van der Waals surface area contributed by atoms with Gasteiger partial charge in [-0.3, -0.25) is 9.59 Å². The monoisotopic (exact) mass is 337 g/mol. The van der Waals surface area contributed by atoms with Crippen LogP contribution in [-0.4, -0.2) is 38.7 Å². The van der Waals surface area contributed by atoms with Crippen molar-refractivity contribution < 1.29 is 23.8 Å². The van der Waals surface area contributed by atoms with E-state index in [0.717, 1.165) is 5.56 Å². The zero-order chi connectivity index (χ0) is 18.1. The van der Waals surface area contributed by atoms with Crippen LogP contribution >= 0.6 is 0 Å². The summed E-state index contributed by atoms with van der Waals surface area (Å²) in [5.41, 5.74) is 0.933. The molecule has 0 aromatic heterocycles. The molecule has 0 fully saturated rings. The van der Waals surface area contributed by atoms with E-state index in [1.807, 2.05) is 32.9 Å². The number of benzene rings is 1. The van der Waals surface area contributed by atoms with Crippen molar-refractivity contribution in [1.82, 2.24) is 5.32 Å². The Bertz CT molecular complexity index is 556. The van der Waals surface area contributed by atoms with Gasteiger partial charge >= 0.3 is 5.97 Å². The summed E-state index contributed by atoms with van der Waals surface area (Å²) in [6, 6.07) is 5.53. The SMILES string of the molecule is COc1ccc(CCC(=O)OCC(=O)N[C@H](C)C(C)C)cc1OC. The Morgan fingerprint density at radius 3 is 2.33 bits per heavy atom. The highest BCUT2D eigenvalue weighted by Gasteiger charge is 2.13. The molecule has 0 saturated heterocycles. The molecule has 0 aliphatic heterocycles. The molecule has 6 nitrogen and oxygen atoms in total. The third-order valence-electron chi connectivity index (χ3n) is 3.82. The van der Waals surface area contributed by atoms with Crippen LogP contribution in [0.25, 0.3) is 0 Å². The Morgan fingerprint density at radius 2 is 1.75 bits per heavy atom. The van der Waals surface area contributed by atoms with Gasteiger partial charge in [-0.05, 0) is 37.0 Å². The highest BCUT2D eigenvalue weighted by molar-refractivity contribution is 5.80. The topological polar surface area (TPSA) is 73.9 Å². The maximum Gasteiger partial charge on any atom is 0.306 e. The van der Waals surface area contributed by atoms with Crippen molar-refractivity contribution in [2.45, 2.75) is 39.7 Å². The van der Waals surface area contributed by atoms with Crippen LogP contribution in [0.5, 0.6) is 11.5 Å². The third-order valence-corrected chi connectivity index (χ3v) is 3.82. The zero-order valence-corrected chi connectivity index (χ0v) is 15.0. The standard InChI is InChI=1S/C18H27NO5/c1-12(2)13(3)19-17(20)11-24-18(21)9-7-14-6-8-15(22-4)16(10-14)23-5/h6,8,10,12-13H,7,9,11H2,1-5H3,(H,19,20)/t13-/m1/s1. The fraction of sp³-hybridized carbons (Fsp3) is 0.556. The zero-order valence-electron chi connectivity index (χ0n) is 15.0. The van der Waals surface area contributed by atoms with Crippen molar-refractivity contribution in [2.24, 2.45) is 5.92 Å². The van der Waals surface area contributed by atoms with Crippen molar-refractivity contribution in [2.75, 3.05) is 20.8 Å². The quantitative estimate of drug-likeness (QED) is 0.700. The van der Waals surface area contributed by atoms with E-state index in [2.05, 4.69) is 5.32 Å². The second-order valence-corrected chi connectivity index (χ2v) is 5.95. The van der Waals surface area contributed by atoms with Crippen LogP contribution in [0.2, 0.25) is 0 Å². The van der Waals surface area contributed by atoms with Crippen LogP contribution in [0.1, 0.15) is 32.8 Å². The summed E-state index contributed by atoms with van der Waals surface area (Å²) < 4.78 is 15.4. The van der Waals surface area contributed by atoms with Gasteiger partial charge < -0.3 is 19.5 Å². The number of hydrogen-bond acceptors (Lipinski definition) is 5. The normalized spacial score (nSPS) is 11.8. The fourth-order valence-electron chi connectivity index (χ4n) is 1.96. The molecule has 6 heteroatoms. The van der Waals surface area contributed by atoms with Gasteiger partial charge in [-0.1, -0.05) is 19.9 Å². The first kappa shape index (κ1) is 19.8. The smallest absolute Gasteiger partial charge is 0.306 e. The molecule has 0 radical (unpaired) electrons. The van der Waals surface area contributed by atoms with Crippen molar-refractivity contribution in [3.05, 3.63) is 23.8 Å². The summed E-state index contributed by atoms with van der Waals surface area (Å²) in [4.78, 5) is 23.4. The van der Waals surface area contributed by atoms with E-state index in [1.54, 1.807) is 20.3 Å². The minimum atomic E-state index is -0.405. The Morgan fingerprint density at radius 1 is 1.08 bits per heavy atom. The average Bonchev–Trinajstić information content (AvgIpc) is 2.57. The van der Waals surface area contributed by atoms with Crippen LogP contribution in [0.4, 0.5) is 0 Å². The molecule has 0 heterocycles. The first-order valence-electron chi connectivity index (χ1n) is 8.03. The Kier molecular flexibility index (Phi) is 8.09. The van der Waals surface area contributed by atoms with Gasteiger partial charge in [0.1, 0.15) is 0 Å². The van der Waals surface area contributed by atoms with Crippen LogP contribution < -0.4 is 14.8 Å². The number of ether oxygens (including phenoxy) is 3. The van der Waals surface area contributed by atoms with E-state index < -0.39 is 5.97 Å². The summed E-state index contributed by atoms with van der Waals surface area (Å²) in [6.07, 6.45) is 0.700. The molecule has 1 aromatic rings. The minimum absolute atomic E-state index is 0.0444. The van der Waals surface area contributed by atoms with E-state index in [0.29, 0.717) is 23.8 Å². The summed E-state index contributed by atoms with van der Waals surface area (Å²) in [5, 5.41) is 2.79. The number of rotatable bonds is 9. The number of carbonyl (C=O) groups is 2. The molecule has 0 spiro atoms. The molecule has 24 heavy (non-hydrogen) atoms. The lowest BCUT2D eigenvalue weighted by atomic mass is 10.1. The molecular formula is C18H27NO5. The molecule has 1 aromatic carbocycles. The van der Waals surface area contributed by atoms with E-state index in [1.165, 1.54) is 0 Å². The molecule has 1 N–H and O–H groups in total. The van der Waals surface area contributed by atoms with Gasteiger partial charge in [0.2, 0.25) is 0 Å². The molecule has 1 rings (SSSR count). The second kappa shape index (κ2) is 9.80. The van der Waals surface area contributed by atoms with Crippen molar-refractivity contribution >= 4 is 11.9 Å². The molecule has 1 amide bonds. The number of carbonyl (C=O) groups excluding carboxylic acids is 2. The van der Waals surface area contributed by atoms with E-state index in [-0.39, 0.29) is 25.0 Å². The predicted molar refractivity (Wildman–Crippen MR) is 91.3 cm³/mol. The average molecular weight is 337 g/mol. The highest BCUT2D eigenvalue weighted by Crippen LogP contribution is 2.27. The molecule has 0 unspecified atom stereocenters. The van der Waals surface area contributed by atoms with E-state index in [4.69, 9.17) is 14.2 Å². The Hall–Kier alpha value is -2.24. The highest BCUT2D eigenvalue weighted by atomic mass is 16.5. The number of aryl methyl sites for hydroxylation is 1. The Balaban J connectivity index is 2.40. The largest absolute Gasteiger partial charge is 0.493 e. The minimum Gasteiger partial charge on any atom is -0.493 e. The van der Waals surface area contributed by atoms with Gasteiger partial charge in [-0.2, -0.15) is 0 Å². The third kappa shape index (κ3) is 6.48. The molecule has 0 aliphatic carbocycles. The number of amides is 1. The lowest BCUT2D eigenvalue weighted by Gasteiger charge is -2.17. The number of methoxy groups -OCH3 is 2. The summed E-state index contributed by atoms with van der Waals surface area (Å²) in [7, 11) is 3.13. The molecule has 134 valence electrons. The summed E-state index contributed by atoms with van der Waals surface area (Å²) in [6.45, 7) is 5.70. The fourth-order valence-corrected chi connectivity index (χ4v) is 1.96. The predicted octanol–water partition coefficient (Wildman–Crippen LogP) is 2.34. The van der Waals surface area contributed by atoms with Crippen molar-refractivity contribution in [1.29, 1.82) is 0 Å². The van der Waals surface area contributed by atoms with E-state index in [9.17, 15) is 9.59 Å². The van der Waals surface area contributed by atoms with Gasteiger partial charge in [0.15, 0.2) is 18.1 Å². The van der Waals surface area contributed by atoms with Crippen molar-refractivity contribution in [3.8, 4) is 11.5 Å². The molecule has 0 saturated carbocycles. The van der Waals surface area contributed by atoms with Gasteiger partial charge in [0.25, 0.3) is 5.91 Å². The summed E-state index contributed by atoms with van der Waals surface area (Å²) >= 11 is 0. The van der Waals surface area contributed by atoms with Gasteiger partial charge in [-0.25, -0.2) is 0 Å². The van der Waals surface area contributed by atoms with Crippen LogP contribution in [0.3, 0.4) is 0 Å². The van der Waals surface area contributed by atoms with Crippen molar-refractivity contribution in [3.63, 3.8) is 0 Å². The van der Waals surface area contributed by atoms with Gasteiger partial charge in [-0.15, -0.1) is 0 Å². The number of esters is 1. The van der Waals surface area contributed by atoms with Crippen LogP contribution in [-0.2, 0) is 20.7 Å². The van der Waals surface area contributed by atoms with E-state index >= 15 is 0 Å². The first-order valence-corrected chi connectivity index (χ1v) is 8.03. The summed E-state index contributed by atoms with van der Waals surface area (Å²) in [5.74, 6) is 0.896. The molecule has 0 bridgehead atoms. The second-order valence-electron chi connectivity index (χ2n) is 5.95. The van der Waals surface area contributed by atoms with Crippen LogP contribution in [0, 0.1) is 5.92 Å². The number of hydrogen-bond donors (Lipinski definition) is 1.